The Morgan fingerprint density at radius 3 is 2.42 bits per heavy atom. The first-order chi connectivity index (χ1) is 14.9. The van der Waals surface area contributed by atoms with Gasteiger partial charge >= 0.3 is 5.69 Å². The summed E-state index contributed by atoms with van der Waals surface area (Å²) in [7, 11) is 0. The van der Waals surface area contributed by atoms with E-state index < -0.39 is 11.2 Å². The molecule has 31 heavy (non-hydrogen) atoms. The Kier molecular flexibility index (Phi) is 7.30. The highest BCUT2D eigenvalue weighted by atomic mass is 32.2. The lowest BCUT2D eigenvalue weighted by Crippen LogP contribution is -2.41. The van der Waals surface area contributed by atoms with Gasteiger partial charge in [0.05, 0.1) is 12.3 Å². The van der Waals surface area contributed by atoms with Crippen molar-refractivity contribution in [1.82, 2.24) is 9.55 Å². The molecule has 0 saturated heterocycles. The van der Waals surface area contributed by atoms with Crippen LogP contribution in [-0.2, 0) is 17.1 Å². The number of benzene rings is 2. The van der Waals surface area contributed by atoms with E-state index in [1.54, 1.807) is 19.1 Å². The lowest BCUT2D eigenvalue weighted by atomic mass is 10.2. The van der Waals surface area contributed by atoms with Crippen LogP contribution in [0.3, 0.4) is 0 Å². The van der Waals surface area contributed by atoms with Gasteiger partial charge in [-0.15, -0.1) is 11.8 Å². The molecule has 0 atom stereocenters. The molecular weight excluding hydrogens is 419 g/mol. The molecule has 0 saturated carbocycles. The number of aromatic nitrogens is 2. The smallest absolute Gasteiger partial charge is 0.330 e. The molecule has 1 amide bonds. The van der Waals surface area contributed by atoms with Gasteiger partial charge in [-0.2, -0.15) is 0 Å². The number of thioether (sulfide) groups is 1. The van der Waals surface area contributed by atoms with E-state index in [2.05, 4.69) is 4.98 Å². The standard InChI is InChI=1S/C22H23FN4O3S/c1-2-26(18(28)14-31-13-16-8-10-17(23)11-9-16)19-20(24)27(22(30)25-21(19)29)12-15-6-4-3-5-7-15/h3-11H,2,12-14,24H2,1H3,(H,25,29,30). The molecule has 3 N–H and O–H groups in total. The van der Waals surface area contributed by atoms with E-state index in [1.165, 1.54) is 33.4 Å². The van der Waals surface area contributed by atoms with Gasteiger partial charge in [0.1, 0.15) is 11.6 Å². The molecule has 0 aliphatic rings. The average Bonchev–Trinajstić information content (AvgIpc) is 2.76. The summed E-state index contributed by atoms with van der Waals surface area (Å²) in [5.41, 5.74) is 6.53. The molecule has 3 rings (SSSR count). The number of rotatable bonds is 8. The molecule has 162 valence electrons. The quantitative estimate of drug-likeness (QED) is 0.558. The first-order valence-corrected chi connectivity index (χ1v) is 10.8. The summed E-state index contributed by atoms with van der Waals surface area (Å²) < 4.78 is 14.3. The number of aromatic amines is 1. The maximum Gasteiger partial charge on any atom is 0.330 e. The Hall–Kier alpha value is -3.33. The van der Waals surface area contributed by atoms with E-state index in [9.17, 15) is 18.8 Å². The van der Waals surface area contributed by atoms with Crippen LogP contribution in [0, 0.1) is 5.82 Å². The van der Waals surface area contributed by atoms with Crippen molar-refractivity contribution in [2.75, 3.05) is 22.9 Å². The molecule has 0 aliphatic carbocycles. The zero-order valence-electron chi connectivity index (χ0n) is 17.0. The fourth-order valence-corrected chi connectivity index (χ4v) is 4.00. The number of hydrogen-bond donors (Lipinski definition) is 2. The predicted octanol–water partition coefficient (Wildman–Crippen LogP) is 2.59. The van der Waals surface area contributed by atoms with Crippen molar-refractivity contribution in [1.29, 1.82) is 0 Å². The van der Waals surface area contributed by atoms with Crippen LogP contribution in [0.5, 0.6) is 0 Å². The van der Waals surface area contributed by atoms with E-state index in [4.69, 9.17) is 5.73 Å². The molecule has 3 aromatic rings. The van der Waals surface area contributed by atoms with E-state index in [1.807, 2.05) is 30.3 Å². The maximum atomic E-state index is 13.0. The fourth-order valence-electron chi connectivity index (χ4n) is 3.14. The summed E-state index contributed by atoms with van der Waals surface area (Å²) >= 11 is 1.35. The third-order valence-electron chi connectivity index (χ3n) is 4.69. The number of H-pyrrole nitrogens is 1. The number of carbonyl (C=O) groups is 1. The van der Waals surface area contributed by atoms with Crippen LogP contribution >= 0.6 is 11.8 Å². The minimum Gasteiger partial charge on any atom is -0.383 e. The SMILES string of the molecule is CCN(C(=O)CSCc1ccc(F)cc1)c1c(N)n(Cc2ccccc2)c(=O)[nH]c1=O. The Labute approximate surface area is 182 Å². The van der Waals surface area contributed by atoms with Crippen LogP contribution in [0.1, 0.15) is 18.1 Å². The highest BCUT2D eigenvalue weighted by Gasteiger charge is 2.23. The average molecular weight is 443 g/mol. The Balaban J connectivity index is 1.80. The number of carbonyl (C=O) groups excluding carboxylic acids is 1. The van der Waals surface area contributed by atoms with Crippen LogP contribution in [0.25, 0.3) is 0 Å². The molecule has 0 spiro atoms. The van der Waals surface area contributed by atoms with Crippen molar-refractivity contribution >= 4 is 29.2 Å². The van der Waals surface area contributed by atoms with Gasteiger partial charge in [0.2, 0.25) is 5.91 Å². The summed E-state index contributed by atoms with van der Waals surface area (Å²) in [6.07, 6.45) is 0. The Morgan fingerprint density at radius 1 is 1.10 bits per heavy atom. The van der Waals surface area contributed by atoms with Gasteiger partial charge in [0, 0.05) is 12.3 Å². The number of halogens is 1. The number of nitrogens with two attached hydrogens (primary N) is 1. The summed E-state index contributed by atoms with van der Waals surface area (Å²) in [5.74, 6) is -0.0689. The van der Waals surface area contributed by atoms with Gasteiger partial charge in [-0.25, -0.2) is 9.18 Å². The lowest BCUT2D eigenvalue weighted by molar-refractivity contribution is -0.116. The normalized spacial score (nSPS) is 10.8. The molecule has 9 heteroatoms. The second-order valence-corrected chi connectivity index (χ2v) is 7.81. The summed E-state index contributed by atoms with van der Waals surface area (Å²) in [6, 6.07) is 15.3. The van der Waals surface area contributed by atoms with Gasteiger partial charge in [0.15, 0.2) is 5.69 Å². The second-order valence-electron chi connectivity index (χ2n) is 6.82. The van der Waals surface area contributed by atoms with Gasteiger partial charge in [-0.3, -0.25) is 19.1 Å². The largest absolute Gasteiger partial charge is 0.383 e. The third-order valence-corrected chi connectivity index (χ3v) is 5.68. The van der Waals surface area contributed by atoms with Gasteiger partial charge in [0.25, 0.3) is 5.56 Å². The van der Waals surface area contributed by atoms with Crippen molar-refractivity contribution in [3.05, 3.63) is 92.4 Å². The summed E-state index contributed by atoms with van der Waals surface area (Å²) in [4.78, 5) is 41.2. The predicted molar refractivity (Wildman–Crippen MR) is 122 cm³/mol. The Bertz CT molecular complexity index is 1160. The molecule has 0 fully saturated rings. The van der Waals surface area contributed by atoms with Crippen molar-refractivity contribution in [2.45, 2.75) is 19.2 Å². The zero-order chi connectivity index (χ0) is 22.4. The fraction of sp³-hybridized carbons (Fsp3) is 0.227. The first kappa shape index (κ1) is 22.4. The van der Waals surface area contributed by atoms with E-state index in [0.29, 0.717) is 5.75 Å². The first-order valence-electron chi connectivity index (χ1n) is 9.69. The van der Waals surface area contributed by atoms with Crippen molar-refractivity contribution < 1.29 is 9.18 Å². The minimum atomic E-state index is -0.703. The molecule has 7 nitrogen and oxygen atoms in total. The number of nitrogen functional groups attached to an aromatic ring is 1. The van der Waals surface area contributed by atoms with E-state index in [-0.39, 0.29) is 42.1 Å². The van der Waals surface area contributed by atoms with Crippen LogP contribution in [0.4, 0.5) is 15.9 Å². The number of anilines is 2. The van der Waals surface area contributed by atoms with Crippen molar-refractivity contribution in [3.63, 3.8) is 0 Å². The third kappa shape index (κ3) is 5.43. The van der Waals surface area contributed by atoms with Crippen molar-refractivity contribution in [2.24, 2.45) is 0 Å². The van der Waals surface area contributed by atoms with Crippen molar-refractivity contribution in [3.8, 4) is 0 Å². The number of nitrogens with one attached hydrogen (secondary N) is 1. The van der Waals surface area contributed by atoms with Crippen LogP contribution in [0.2, 0.25) is 0 Å². The molecular formula is C22H23FN4O3S. The molecule has 1 heterocycles. The highest BCUT2D eigenvalue weighted by molar-refractivity contribution is 7.99. The minimum absolute atomic E-state index is 0.0367. The molecule has 0 bridgehead atoms. The molecule has 0 aliphatic heterocycles. The van der Waals surface area contributed by atoms with Gasteiger partial charge < -0.3 is 10.6 Å². The number of hydrogen-bond acceptors (Lipinski definition) is 5. The molecule has 1 aromatic heterocycles. The van der Waals surface area contributed by atoms with Crippen LogP contribution in [-0.4, -0.2) is 27.8 Å². The topological polar surface area (TPSA) is 101 Å². The molecule has 0 radical (unpaired) electrons. The zero-order valence-corrected chi connectivity index (χ0v) is 17.8. The monoisotopic (exact) mass is 442 g/mol. The van der Waals surface area contributed by atoms with Gasteiger partial charge in [-0.1, -0.05) is 42.5 Å². The van der Waals surface area contributed by atoms with Gasteiger partial charge in [-0.05, 0) is 30.2 Å². The maximum absolute atomic E-state index is 13.0. The summed E-state index contributed by atoms with van der Waals surface area (Å²) in [5, 5.41) is 0. The Morgan fingerprint density at radius 2 is 1.77 bits per heavy atom. The number of nitrogens with zero attached hydrogens (tertiary/aromatic N) is 2. The highest BCUT2D eigenvalue weighted by Crippen LogP contribution is 2.20. The van der Waals surface area contributed by atoms with Crippen LogP contribution < -0.4 is 21.9 Å². The van der Waals surface area contributed by atoms with E-state index >= 15 is 0 Å². The molecule has 2 aromatic carbocycles. The van der Waals surface area contributed by atoms with Crippen LogP contribution in [0.15, 0.2) is 64.2 Å². The number of amides is 1. The molecule has 0 unspecified atom stereocenters. The van der Waals surface area contributed by atoms with E-state index in [0.717, 1.165) is 11.1 Å². The second kappa shape index (κ2) is 10.1. The lowest BCUT2D eigenvalue weighted by Gasteiger charge is -2.23. The summed E-state index contributed by atoms with van der Waals surface area (Å²) in [6.45, 7) is 2.11.